The lowest BCUT2D eigenvalue weighted by atomic mass is 9.85. The Morgan fingerprint density at radius 1 is 0.968 bits per heavy atom. The Labute approximate surface area is 180 Å². The summed E-state index contributed by atoms with van der Waals surface area (Å²) in [6.45, 7) is 0.594. The number of nitrogens with zero attached hydrogens (tertiary/aromatic N) is 1. The average Bonchev–Trinajstić information content (AvgIpc) is 3.52. The normalized spacial score (nSPS) is 16.9. The van der Waals surface area contributed by atoms with E-state index in [4.69, 9.17) is 0 Å². The van der Waals surface area contributed by atoms with Crippen molar-refractivity contribution in [3.63, 3.8) is 0 Å². The number of allylic oxidation sites excluding steroid dienone is 1. The number of nitrogens with one attached hydrogen (secondary N) is 1. The number of aryl methyl sites for hydroxylation is 1. The fourth-order valence-electron chi connectivity index (χ4n) is 4.16. The molecule has 1 atom stereocenters. The van der Waals surface area contributed by atoms with Gasteiger partial charge in [0.1, 0.15) is 11.6 Å². The van der Waals surface area contributed by atoms with E-state index in [9.17, 15) is 13.6 Å². The summed E-state index contributed by atoms with van der Waals surface area (Å²) >= 11 is 0. The van der Waals surface area contributed by atoms with Gasteiger partial charge in [0.25, 0.3) is 0 Å². The third-order valence-electron chi connectivity index (χ3n) is 5.90. The molecule has 3 aromatic rings. The molecule has 5 heteroatoms. The van der Waals surface area contributed by atoms with Crippen molar-refractivity contribution >= 4 is 5.91 Å². The van der Waals surface area contributed by atoms with Crippen molar-refractivity contribution in [3.05, 3.63) is 114 Å². The first-order valence-corrected chi connectivity index (χ1v) is 10.4. The number of pyridine rings is 1. The summed E-state index contributed by atoms with van der Waals surface area (Å²) in [6, 6.07) is 16.8. The maximum Gasteiger partial charge on any atom is 0.243 e. The molecule has 1 N–H and O–H groups in total. The van der Waals surface area contributed by atoms with E-state index in [0.29, 0.717) is 6.54 Å². The lowest BCUT2D eigenvalue weighted by Gasteiger charge is -2.18. The van der Waals surface area contributed by atoms with Crippen molar-refractivity contribution in [1.82, 2.24) is 10.3 Å². The molecule has 0 unspecified atom stereocenters. The van der Waals surface area contributed by atoms with Gasteiger partial charge in [-0.1, -0.05) is 30.3 Å². The van der Waals surface area contributed by atoms with Gasteiger partial charge in [-0.3, -0.25) is 9.78 Å². The topological polar surface area (TPSA) is 42.0 Å². The number of hydrogen-bond donors (Lipinski definition) is 1. The fraction of sp³-hybridized carbons (Fsp3) is 0.231. The molecule has 2 aromatic carbocycles. The fourth-order valence-corrected chi connectivity index (χ4v) is 4.16. The number of carbonyl (C=O) groups excluding carboxylic acids is 1. The molecule has 1 saturated carbocycles. The summed E-state index contributed by atoms with van der Waals surface area (Å²) in [5.41, 5.74) is 2.77. The maximum atomic E-state index is 13.4. The number of carbonyl (C=O) groups is 1. The molecule has 0 spiro atoms. The highest BCUT2D eigenvalue weighted by Gasteiger charge is 2.55. The minimum absolute atomic E-state index is 0.0889. The van der Waals surface area contributed by atoms with Gasteiger partial charge in [0.2, 0.25) is 5.91 Å². The lowest BCUT2D eigenvalue weighted by molar-refractivity contribution is -0.116. The van der Waals surface area contributed by atoms with Crippen LogP contribution in [0.25, 0.3) is 0 Å². The molecule has 1 heterocycles. The Bertz CT molecular complexity index is 1000. The van der Waals surface area contributed by atoms with Gasteiger partial charge in [-0.05, 0) is 84.3 Å². The van der Waals surface area contributed by atoms with Crippen LogP contribution in [0.2, 0.25) is 0 Å². The van der Waals surface area contributed by atoms with Gasteiger partial charge in [0.05, 0.1) is 0 Å². The van der Waals surface area contributed by atoms with Crippen LogP contribution in [0.1, 0.15) is 29.5 Å². The first kappa shape index (κ1) is 20.9. The van der Waals surface area contributed by atoms with Crippen LogP contribution in [0.4, 0.5) is 8.78 Å². The summed E-state index contributed by atoms with van der Waals surface area (Å²) in [7, 11) is 0. The molecular formula is C26H24F2N2O. The Morgan fingerprint density at radius 3 is 2.13 bits per heavy atom. The second-order valence-corrected chi connectivity index (χ2v) is 7.90. The Balaban J connectivity index is 1.39. The van der Waals surface area contributed by atoms with Gasteiger partial charge in [0, 0.05) is 24.4 Å². The van der Waals surface area contributed by atoms with Crippen LogP contribution in [-0.2, 0) is 16.6 Å². The molecule has 158 valence electrons. The number of halogens is 2. The monoisotopic (exact) mass is 418 g/mol. The molecule has 3 nitrogen and oxygen atoms in total. The van der Waals surface area contributed by atoms with Crippen LogP contribution < -0.4 is 5.32 Å². The summed E-state index contributed by atoms with van der Waals surface area (Å²) in [6.07, 6.45) is 9.53. The van der Waals surface area contributed by atoms with Crippen molar-refractivity contribution in [3.8, 4) is 0 Å². The second kappa shape index (κ2) is 9.21. The van der Waals surface area contributed by atoms with Gasteiger partial charge in [-0.2, -0.15) is 0 Å². The number of benzene rings is 2. The van der Waals surface area contributed by atoms with Crippen LogP contribution in [0, 0.1) is 17.6 Å². The van der Waals surface area contributed by atoms with Crippen molar-refractivity contribution in [2.24, 2.45) is 5.92 Å². The zero-order chi connectivity index (χ0) is 21.7. The van der Waals surface area contributed by atoms with Crippen LogP contribution in [-0.4, -0.2) is 17.4 Å². The van der Waals surface area contributed by atoms with Crippen LogP contribution in [0.3, 0.4) is 0 Å². The van der Waals surface area contributed by atoms with E-state index in [-0.39, 0.29) is 28.9 Å². The first-order chi connectivity index (χ1) is 15.1. The van der Waals surface area contributed by atoms with Crippen LogP contribution in [0.5, 0.6) is 0 Å². The summed E-state index contributed by atoms with van der Waals surface area (Å²) in [5, 5.41) is 2.92. The van der Waals surface area contributed by atoms with Crippen molar-refractivity contribution in [2.75, 3.05) is 6.54 Å². The maximum absolute atomic E-state index is 13.4. The zero-order valence-electron chi connectivity index (χ0n) is 17.1. The summed E-state index contributed by atoms with van der Waals surface area (Å²) in [4.78, 5) is 16.2. The predicted octanol–water partition coefficient (Wildman–Crippen LogP) is 4.97. The molecule has 0 aliphatic heterocycles. The van der Waals surface area contributed by atoms with Gasteiger partial charge in [-0.25, -0.2) is 8.78 Å². The molecule has 1 fully saturated rings. The highest BCUT2D eigenvalue weighted by molar-refractivity contribution is 5.87. The van der Waals surface area contributed by atoms with E-state index >= 15 is 0 Å². The number of amides is 1. The van der Waals surface area contributed by atoms with Crippen molar-refractivity contribution < 1.29 is 13.6 Å². The second-order valence-electron chi connectivity index (χ2n) is 7.90. The zero-order valence-corrected chi connectivity index (χ0v) is 17.1. The molecule has 1 aliphatic rings. The molecule has 1 aromatic heterocycles. The van der Waals surface area contributed by atoms with E-state index in [2.05, 4.69) is 10.3 Å². The number of hydrogen-bond acceptors (Lipinski definition) is 2. The van der Waals surface area contributed by atoms with E-state index in [1.54, 1.807) is 42.7 Å². The molecular weight excluding hydrogens is 394 g/mol. The Hall–Kier alpha value is -3.34. The lowest BCUT2D eigenvalue weighted by Crippen LogP contribution is -2.22. The van der Waals surface area contributed by atoms with Gasteiger partial charge >= 0.3 is 0 Å². The molecule has 31 heavy (non-hydrogen) atoms. The quantitative estimate of drug-likeness (QED) is 0.415. The van der Waals surface area contributed by atoms with E-state index < -0.39 is 0 Å². The van der Waals surface area contributed by atoms with E-state index in [1.165, 1.54) is 29.8 Å². The average molecular weight is 418 g/mol. The smallest absolute Gasteiger partial charge is 0.243 e. The summed E-state index contributed by atoms with van der Waals surface area (Å²) < 4.78 is 26.9. The molecule has 1 aliphatic carbocycles. The van der Waals surface area contributed by atoms with E-state index in [0.717, 1.165) is 30.4 Å². The number of rotatable bonds is 8. The standard InChI is InChI=1S/C26H24F2N2O/c27-23-8-3-20(4-9-23)26(21-5-10-24(28)11-6-21)18-22(26)7-12-25(31)30-15-1-2-19-13-16-29-17-14-19/h3-14,16-17,22H,1-2,15,18H2,(H,30,31)/b12-7+/t22-/m1/s1. The molecule has 0 radical (unpaired) electrons. The third kappa shape index (κ3) is 4.88. The minimum atomic E-state index is -0.362. The molecule has 0 bridgehead atoms. The highest BCUT2D eigenvalue weighted by atomic mass is 19.1. The largest absolute Gasteiger partial charge is 0.353 e. The van der Waals surface area contributed by atoms with Crippen molar-refractivity contribution in [2.45, 2.75) is 24.7 Å². The van der Waals surface area contributed by atoms with Gasteiger partial charge in [0.15, 0.2) is 0 Å². The van der Waals surface area contributed by atoms with Gasteiger partial charge < -0.3 is 5.32 Å². The van der Waals surface area contributed by atoms with Crippen LogP contribution >= 0.6 is 0 Å². The van der Waals surface area contributed by atoms with Gasteiger partial charge in [-0.15, -0.1) is 0 Å². The molecule has 0 saturated heterocycles. The molecule has 4 rings (SSSR count). The molecule has 1 amide bonds. The van der Waals surface area contributed by atoms with Crippen LogP contribution in [0.15, 0.2) is 85.2 Å². The summed E-state index contributed by atoms with van der Waals surface area (Å²) in [5.74, 6) is -0.631. The van der Waals surface area contributed by atoms with E-state index in [1.807, 2.05) is 18.2 Å². The first-order valence-electron chi connectivity index (χ1n) is 10.4. The van der Waals surface area contributed by atoms with Crippen molar-refractivity contribution in [1.29, 1.82) is 0 Å². The predicted molar refractivity (Wildman–Crippen MR) is 116 cm³/mol. The Morgan fingerprint density at radius 2 is 1.55 bits per heavy atom. The highest BCUT2D eigenvalue weighted by Crippen LogP contribution is 2.59. The minimum Gasteiger partial charge on any atom is -0.353 e. The SMILES string of the molecule is O=C(/C=C/[C@@H]1CC1(c1ccc(F)cc1)c1ccc(F)cc1)NCCCc1ccncc1. The third-order valence-corrected chi connectivity index (χ3v) is 5.90. The Kier molecular flexibility index (Phi) is 6.21. The number of aromatic nitrogens is 1.